The molecule has 0 spiro atoms. The lowest BCUT2D eigenvalue weighted by atomic mass is 10.1. The van der Waals surface area contributed by atoms with Gasteiger partial charge in [0.2, 0.25) is 10.0 Å². The molecule has 0 fully saturated rings. The second-order valence-corrected chi connectivity index (χ2v) is 9.69. The third-order valence-electron chi connectivity index (χ3n) is 4.57. The molecule has 174 valence electrons. The SMILES string of the molecule is CNC(=O)NCCCCNC(=O)c1ccc(N(Cc2cccc(Cl)c2Cl)S(C)(=O)=O)cc1. The summed E-state index contributed by atoms with van der Waals surface area (Å²) in [4.78, 5) is 23.4. The van der Waals surface area contributed by atoms with Crippen LogP contribution in [0.1, 0.15) is 28.8 Å². The van der Waals surface area contributed by atoms with Gasteiger partial charge in [0, 0.05) is 25.7 Å². The molecule has 32 heavy (non-hydrogen) atoms. The minimum Gasteiger partial charge on any atom is -0.352 e. The van der Waals surface area contributed by atoms with E-state index in [1.54, 1.807) is 49.5 Å². The van der Waals surface area contributed by atoms with Crippen molar-refractivity contribution in [3.8, 4) is 0 Å². The number of unbranched alkanes of at least 4 members (excludes halogenated alkanes) is 1. The minimum absolute atomic E-state index is 0.00780. The Kier molecular flexibility index (Phi) is 9.61. The molecule has 11 heteroatoms. The van der Waals surface area contributed by atoms with Gasteiger partial charge in [-0.1, -0.05) is 35.3 Å². The van der Waals surface area contributed by atoms with Crippen LogP contribution in [0.15, 0.2) is 42.5 Å². The van der Waals surface area contributed by atoms with Crippen molar-refractivity contribution in [2.75, 3.05) is 30.7 Å². The molecule has 0 aliphatic heterocycles. The summed E-state index contributed by atoms with van der Waals surface area (Å²) in [6, 6.07) is 11.1. The van der Waals surface area contributed by atoms with Crippen molar-refractivity contribution >= 4 is 50.9 Å². The van der Waals surface area contributed by atoms with Gasteiger partial charge in [-0.2, -0.15) is 0 Å². The van der Waals surface area contributed by atoms with Crippen LogP contribution in [0.5, 0.6) is 0 Å². The third-order valence-corrected chi connectivity index (χ3v) is 6.56. The number of nitrogens with one attached hydrogen (secondary N) is 3. The summed E-state index contributed by atoms with van der Waals surface area (Å²) in [5.74, 6) is -0.264. The molecule has 2 aromatic carbocycles. The summed E-state index contributed by atoms with van der Waals surface area (Å²) >= 11 is 12.3. The predicted molar refractivity (Wildman–Crippen MR) is 128 cm³/mol. The Labute approximate surface area is 198 Å². The molecular formula is C21H26Cl2N4O4S. The Hall–Kier alpha value is -2.49. The molecule has 0 atom stereocenters. The lowest BCUT2D eigenvalue weighted by Gasteiger charge is -2.23. The van der Waals surface area contributed by atoms with E-state index >= 15 is 0 Å². The van der Waals surface area contributed by atoms with Crippen LogP contribution in [0.3, 0.4) is 0 Å². The van der Waals surface area contributed by atoms with E-state index in [4.69, 9.17) is 23.2 Å². The first kappa shape index (κ1) is 25.8. The Morgan fingerprint density at radius 3 is 2.19 bits per heavy atom. The van der Waals surface area contributed by atoms with Gasteiger partial charge in [-0.3, -0.25) is 9.10 Å². The van der Waals surface area contributed by atoms with Gasteiger partial charge in [-0.15, -0.1) is 0 Å². The van der Waals surface area contributed by atoms with E-state index in [1.807, 2.05) is 0 Å². The molecule has 0 bridgehead atoms. The van der Waals surface area contributed by atoms with Crippen molar-refractivity contribution in [2.45, 2.75) is 19.4 Å². The summed E-state index contributed by atoms with van der Waals surface area (Å²) in [5, 5.41) is 8.58. The number of anilines is 1. The minimum atomic E-state index is -3.61. The first-order valence-electron chi connectivity index (χ1n) is 9.88. The van der Waals surface area contributed by atoms with E-state index in [-0.39, 0.29) is 18.5 Å². The highest BCUT2D eigenvalue weighted by atomic mass is 35.5. The Bertz CT molecular complexity index is 1050. The number of hydrogen-bond donors (Lipinski definition) is 3. The number of carbonyl (C=O) groups excluding carboxylic acids is 2. The van der Waals surface area contributed by atoms with Crippen molar-refractivity contribution in [3.63, 3.8) is 0 Å². The molecule has 0 aliphatic rings. The Balaban J connectivity index is 1.99. The third kappa shape index (κ3) is 7.58. The van der Waals surface area contributed by atoms with Crippen LogP contribution in [-0.4, -0.2) is 46.7 Å². The molecule has 0 aliphatic carbocycles. The van der Waals surface area contributed by atoms with Gasteiger partial charge in [0.05, 0.1) is 28.5 Å². The fourth-order valence-corrected chi connectivity index (χ4v) is 4.11. The number of nitrogens with zero attached hydrogens (tertiary/aromatic N) is 1. The zero-order valence-corrected chi connectivity index (χ0v) is 20.1. The average molecular weight is 501 g/mol. The number of benzene rings is 2. The van der Waals surface area contributed by atoms with Crippen LogP contribution in [0, 0.1) is 0 Å². The molecule has 2 rings (SSSR count). The highest BCUT2D eigenvalue weighted by Gasteiger charge is 2.20. The molecule has 2 aromatic rings. The van der Waals surface area contributed by atoms with Crippen LogP contribution in [0.4, 0.5) is 10.5 Å². The van der Waals surface area contributed by atoms with E-state index in [0.29, 0.717) is 46.4 Å². The van der Waals surface area contributed by atoms with Crippen LogP contribution < -0.4 is 20.3 Å². The Morgan fingerprint density at radius 1 is 0.969 bits per heavy atom. The summed E-state index contributed by atoms with van der Waals surface area (Å²) in [6.45, 7) is 0.981. The molecule has 3 amide bonds. The zero-order valence-electron chi connectivity index (χ0n) is 17.8. The number of carbonyl (C=O) groups is 2. The van der Waals surface area contributed by atoms with Crippen LogP contribution >= 0.6 is 23.2 Å². The molecule has 0 saturated carbocycles. The molecule has 3 N–H and O–H groups in total. The number of urea groups is 1. The summed E-state index contributed by atoms with van der Waals surface area (Å²) in [5.41, 5.74) is 1.38. The zero-order chi connectivity index (χ0) is 23.7. The predicted octanol–water partition coefficient (Wildman–Crippen LogP) is 3.40. The van der Waals surface area contributed by atoms with E-state index in [0.717, 1.165) is 12.7 Å². The number of rotatable bonds is 10. The second-order valence-electron chi connectivity index (χ2n) is 7.00. The van der Waals surface area contributed by atoms with Gasteiger partial charge in [-0.05, 0) is 48.7 Å². The molecule has 0 aromatic heterocycles. The van der Waals surface area contributed by atoms with Crippen molar-refractivity contribution in [3.05, 3.63) is 63.6 Å². The highest BCUT2D eigenvalue weighted by Crippen LogP contribution is 2.29. The van der Waals surface area contributed by atoms with E-state index < -0.39 is 10.0 Å². The fraction of sp³-hybridized carbons (Fsp3) is 0.333. The first-order valence-corrected chi connectivity index (χ1v) is 12.5. The van der Waals surface area contributed by atoms with Gasteiger partial charge in [0.15, 0.2) is 0 Å². The first-order chi connectivity index (χ1) is 15.1. The Morgan fingerprint density at radius 2 is 1.59 bits per heavy atom. The van der Waals surface area contributed by atoms with Gasteiger partial charge >= 0.3 is 6.03 Å². The maximum absolute atomic E-state index is 12.4. The monoisotopic (exact) mass is 500 g/mol. The lowest BCUT2D eigenvalue weighted by molar-refractivity contribution is 0.0953. The van der Waals surface area contributed by atoms with Crippen molar-refractivity contribution in [1.82, 2.24) is 16.0 Å². The maximum atomic E-state index is 12.4. The molecular weight excluding hydrogens is 475 g/mol. The average Bonchev–Trinajstić information content (AvgIpc) is 2.76. The van der Waals surface area contributed by atoms with Crippen molar-refractivity contribution < 1.29 is 18.0 Å². The number of amides is 3. The van der Waals surface area contributed by atoms with Crippen molar-refractivity contribution in [2.24, 2.45) is 0 Å². The number of hydrogen-bond acceptors (Lipinski definition) is 4. The standard InChI is InChI=1S/C21H26Cl2N4O4S/c1-24-21(29)26-13-4-3-12-25-20(28)15-8-10-17(11-9-15)27(32(2,30)31)14-16-6-5-7-18(22)19(16)23/h5-11H,3-4,12-14H2,1-2H3,(H,25,28)(H2,24,26,29). The van der Waals surface area contributed by atoms with E-state index in [1.165, 1.54) is 4.31 Å². The van der Waals surface area contributed by atoms with Crippen LogP contribution in [0.25, 0.3) is 0 Å². The largest absolute Gasteiger partial charge is 0.352 e. The van der Waals surface area contributed by atoms with Gasteiger partial charge in [-0.25, -0.2) is 13.2 Å². The quantitative estimate of drug-likeness (QED) is 0.434. The van der Waals surface area contributed by atoms with Crippen LogP contribution in [-0.2, 0) is 16.6 Å². The van der Waals surface area contributed by atoms with Gasteiger partial charge < -0.3 is 16.0 Å². The van der Waals surface area contributed by atoms with E-state index in [2.05, 4.69) is 16.0 Å². The molecule has 0 unspecified atom stereocenters. The van der Waals surface area contributed by atoms with Crippen LogP contribution in [0.2, 0.25) is 10.0 Å². The lowest BCUT2D eigenvalue weighted by Crippen LogP contribution is -2.33. The summed E-state index contributed by atoms with van der Waals surface area (Å²) < 4.78 is 26.0. The van der Waals surface area contributed by atoms with E-state index in [9.17, 15) is 18.0 Å². The molecule has 0 radical (unpaired) electrons. The molecule has 0 saturated heterocycles. The smallest absolute Gasteiger partial charge is 0.314 e. The molecule has 8 nitrogen and oxygen atoms in total. The number of halogens is 2. The van der Waals surface area contributed by atoms with Crippen molar-refractivity contribution in [1.29, 1.82) is 0 Å². The fourth-order valence-electron chi connectivity index (χ4n) is 2.85. The highest BCUT2D eigenvalue weighted by molar-refractivity contribution is 7.92. The topological polar surface area (TPSA) is 108 Å². The second kappa shape index (κ2) is 11.9. The normalized spacial score (nSPS) is 11.0. The summed E-state index contributed by atoms with van der Waals surface area (Å²) in [7, 11) is -2.07. The number of sulfonamides is 1. The summed E-state index contributed by atoms with van der Waals surface area (Å²) in [6.07, 6.45) is 2.53. The molecule has 0 heterocycles. The maximum Gasteiger partial charge on any atom is 0.314 e. The van der Waals surface area contributed by atoms with Gasteiger partial charge in [0.25, 0.3) is 5.91 Å². The van der Waals surface area contributed by atoms with Gasteiger partial charge in [0.1, 0.15) is 0 Å².